The van der Waals surface area contributed by atoms with E-state index in [1.54, 1.807) is 0 Å². The van der Waals surface area contributed by atoms with E-state index in [2.05, 4.69) is 33.7 Å². The molecule has 0 aliphatic carbocycles. The molecule has 0 atom stereocenters. The lowest BCUT2D eigenvalue weighted by Crippen LogP contribution is -2.15. The molecule has 11 heavy (non-hydrogen) atoms. The Labute approximate surface area is 78.4 Å². The van der Waals surface area contributed by atoms with Gasteiger partial charge in [-0.1, -0.05) is 0 Å². The number of aliphatic hydroxyl groups is 3. The third-order valence-corrected chi connectivity index (χ3v) is 0.421. The van der Waals surface area contributed by atoms with Crippen molar-refractivity contribution in [3.8, 4) is 0 Å². The number of hydrogen-bond acceptors (Lipinski definition) is 4. The van der Waals surface area contributed by atoms with Crippen molar-refractivity contribution in [1.82, 2.24) is 0 Å². The van der Waals surface area contributed by atoms with Crippen LogP contribution in [0.5, 0.6) is 0 Å². The molecule has 8 heteroatoms. The highest BCUT2D eigenvalue weighted by Crippen LogP contribution is 2.61. The van der Waals surface area contributed by atoms with E-state index < -0.39 is 11.3 Å². The number of halogens is 3. The topological polar surface area (TPSA) is 77.8 Å². The fourth-order valence-corrected chi connectivity index (χ4v) is 0.0577. The zero-order chi connectivity index (χ0) is 9.49. The summed E-state index contributed by atoms with van der Waals surface area (Å²) >= 11 is 13.8. The largest absolute Gasteiger partial charge is 0.394 e. The Morgan fingerprint density at radius 2 is 1.36 bits per heavy atom. The highest BCUT2D eigenvalue weighted by molar-refractivity contribution is 8.24. The Bertz CT molecular complexity index is 113. The minimum absolute atomic E-state index is 0.365. The lowest BCUT2D eigenvalue weighted by molar-refractivity contribution is 0.0450. The van der Waals surface area contributed by atoms with Crippen molar-refractivity contribution >= 4 is 38.9 Å². The molecule has 0 aromatic heterocycles. The number of rotatable bonds is 2. The van der Waals surface area contributed by atoms with Gasteiger partial charge in [0, 0.05) is 0 Å². The molecule has 0 fully saturated rings. The molecule has 0 heterocycles. The molecule has 0 bridgehead atoms. The molecule has 0 rings (SSSR count). The molecular weight excluding hydrogens is 237 g/mol. The van der Waals surface area contributed by atoms with E-state index in [0.717, 1.165) is 0 Å². The maximum Gasteiger partial charge on any atom is 0.339 e. The molecule has 0 aliphatic rings. The molecule has 0 unspecified atom stereocenters. The van der Waals surface area contributed by atoms with Crippen molar-refractivity contribution < 1.29 is 19.9 Å². The Morgan fingerprint density at radius 1 is 1.18 bits per heavy atom. The van der Waals surface area contributed by atoms with Gasteiger partial charge in [-0.25, -0.2) is 0 Å². The van der Waals surface area contributed by atoms with Crippen molar-refractivity contribution in [2.24, 2.45) is 0 Å². The smallest absolute Gasteiger partial charge is 0.339 e. The SMILES string of the molecule is O=P(Cl)(Cl)Cl.OCC(O)CO. The predicted molar refractivity (Wildman–Crippen MR) is 45.3 cm³/mol. The standard InChI is InChI=1S/C3H8O3.Cl3OP/c4-1-3(6)2-5;1-5(2,3)4/h3-6H,1-2H2;. The van der Waals surface area contributed by atoms with Gasteiger partial charge in [0.2, 0.25) is 0 Å². The highest BCUT2D eigenvalue weighted by Gasteiger charge is 2.02. The Kier molecular flexibility index (Phi) is 10.0. The molecule has 0 spiro atoms. The van der Waals surface area contributed by atoms with Crippen molar-refractivity contribution in [2.45, 2.75) is 6.10 Å². The first kappa shape index (κ1) is 14.5. The first-order valence-electron chi connectivity index (χ1n) is 2.40. The van der Waals surface area contributed by atoms with E-state index in [1.165, 1.54) is 0 Å². The summed E-state index contributed by atoms with van der Waals surface area (Å²) in [6.07, 6.45) is -0.954. The number of aliphatic hydroxyl groups excluding tert-OH is 3. The van der Waals surface area contributed by atoms with Crippen LogP contribution in [-0.2, 0) is 4.57 Å². The quantitative estimate of drug-likeness (QED) is 0.638. The van der Waals surface area contributed by atoms with Gasteiger partial charge in [0.05, 0.1) is 13.2 Å². The third-order valence-electron chi connectivity index (χ3n) is 0.421. The van der Waals surface area contributed by atoms with Gasteiger partial charge in [0.25, 0.3) is 0 Å². The minimum Gasteiger partial charge on any atom is -0.394 e. The molecule has 4 nitrogen and oxygen atoms in total. The Morgan fingerprint density at radius 3 is 1.36 bits per heavy atom. The molecule has 0 saturated carbocycles. The second kappa shape index (κ2) is 7.62. The lowest BCUT2D eigenvalue weighted by atomic mass is 10.4. The summed E-state index contributed by atoms with van der Waals surface area (Å²) < 4.78 is 9.51. The summed E-state index contributed by atoms with van der Waals surface area (Å²) in [6, 6.07) is 0. The lowest BCUT2D eigenvalue weighted by Gasteiger charge is -1.96. The summed E-state index contributed by atoms with van der Waals surface area (Å²) in [6.45, 7) is -0.729. The zero-order valence-corrected chi connectivity index (χ0v) is 8.48. The van der Waals surface area contributed by atoms with Crippen LogP contribution in [0.25, 0.3) is 0 Å². The van der Waals surface area contributed by atoms with Crippen LogP contribution in [0.2, 0.25) is 0 Å². The van der Waals surface area contributed by atoms with Crippen molar-refractivity contribution in [1.29, 1.82) is 0 Å². The summed E-state index contributed by atoms with van der Waals surface area (Å²) in [5, 5.41) is 20.8. The van der Waals surface area contributed by atoms with Gasteiger partial charge in [0.15, 0.2) is 0 Å². The van der Waals surface area contributed by atoms with Gasteiger partial charge in [-0.3, -0.25) is 4.57 Å². The second-order valence-corrected chi connectivity index (χ2v) is 8.06. The number of hydrogen-bond donors (Lipinski definition) is 3. The second-order valence-electron chi connectivity index (χ2n) is 1.42. The van der Waals surface area contributed by atoms with Crippen molar-refractivity contribution in [3.05, 3.63) is 0 Å². The molecule has 3 N–H and O–H groups in total. The molecule has 0 radical (unpaired) electrons. The fraction of sp³-hybridized carbons (Fsp3) is 1.00. The summed E-state index contributed by atoms with van der Waals surface area (Å²) in [7, 11) is 0. The first-order chi connectivity index (χ1) is 4.81. The van der Waals surface area contributed by atoms with E-state index >= 15 is 0 Å². The van der Waals surface area contributed by atoms with Gasteiger partial charge < -0.3 is 15.3 Å². The Hall–Kier alpha value is 0.980. The van der Waals surface area contributed by atoms with Crippen LogP contribution in [0, 0.1) is 0 Å². The first-order valence-corrected chi connectivity index (χ1v) is 6.82. The average Bonchev–Trinajstić information content (AvgIpc) is 1.83. The molecular formula is C3H8Cl3O4P. The summed E-state index contributed by atoms with van der Waals surface area (Å²) in [5.74, 6) is 0. The van der Waals surface area contributed by atoms with E-state index in [4.69, 9.17) is 15.3 Å². The van der Waals surface area contributed by atoms with Gasteiger partial charge >= 0.3 is 5.20 Å². The van der Waals surface area contributed by atoms with Crippen LogP contribution < -0.4 is 0 Å². The van der Waals surface area contributed by atoms with E-state index in [1.807, 2.05) is 0 Å². The maximum absolute atomic E-state index is 9.51. The minimum atomic E-state index is -3.22. The molecule has 0 aromatic carbocycles. The Balaban J connectivity index is 0. The summed E-state index contributed by atoms with van der Waals surface area (Å²) in [5.41, 5.74) is 0. The normalized spacial score (nSPS) is 10.8. The van der Waals surface area contributed by atoms with Crippen LogP contribution in [0.1, 0.15) is 0 Å². The van der Waals surface area contributed by atoms with Crippen LogP contribution >= 0.6 is 38.9 Å². The maximum atomic E-state index is 9.51. The fourth-order valence-electron chi connectivity index (χ4n) is 0.0577. The van der Waals surface area contributed by atoms with Crippen LogP contribution in [0.15, 0.2) is 0 Å². The highest BCUT2D eigenvalue weighted by atomic mass is 36.0. The van der Waals surface area contributed by atoms with E-state index in [9.17, 15) is 4.57 Å². The predicted octanol–water partition coefficient (Wildman–Crippen LogP) is 1.14. The van der Waals surface area contributed by atoms with Gasteiger partial charge in [0.1, 0.15) is 6.10 Å². The monoisotopic (exact) mass is 244 g/mol. The van der Waals surface area contributed by atoms with Gasteiger partial charge in [-0.05, 0) is 33.7 Å². The molecule has 0 amide bonds. The molecule has 70 valence electrons. The van der Waals surface area contributed by atoms with Crippen LogP contribution in [0.3, 0.4) is 0 Å². The van der Waals surface area contributed by atoms with Crippen LogP contribution in [0.4, 0.5) is 0 Å². The molecule has 0 aromatic rings. The van der Waals surface area contributed by atoms with Crippen molar-refractivity contribution in [2.75, 3.05) is 13.2 Å². The van der Waals surface area contributed by atoms with E-state index in [0.29, 0.717) is 0 Å². The average molecular weight is 245 g/mol. The molecule has 0 aliphatic heterocycles. The molecule has 0 saturated heterocycles. The summed E-state index contributed by atoms with van der Waals surface area (Å²) in [4.78, 5) is 0. The third kappa shape index (κ3) is 35.7. The zero-order valence-electron chi connectivity index (χ0n) is 5.32. The van der Waals surface area contributed by atoms with Gasteiger partial charge in [-0.15, -0.1) is 0 Å². The van der Waals surface area contributed by atoms with Crippen molar-refractivity contribution in [3.63, 3.8) is 0 Å². The van der Waals surface area contributed by atoms with E-state index in [-0.39, 0.29) is 13.2 Å². The van der Waals surface area contributed by atoms with Crippen LogP contribution in [-0.4, -0.2) is 34.6 Å². The van der Waals surface area contributed by atoms with Gasteiger partial charge in [-0.2, -0.15) is 0 Å².